The van der Waals surface area contributed by atoms with Gasteiger partial charge in [0.1, 0.15) is 0 Å². The summed E-state index contributed by atoms with van der Waals surface area (Å²) >= 11 is 0. The van der Waals surface area contributed by atoms with Crippen LogP contribution in [0.15, 0.2) is 0 Å². The summed E-state index contributed by atoms with van der Waals surface area (Å²) < 4.78 is 68.4. The molecule has 0 aromatic carbocycles. The topological polar surface area (TPSA) is 73.5 Å². The Balaban J connectivity index is 4.43. The van der Waals surface area contributed by atoms with Gasteiger partial charge in [0, 0.05) is 12.1 Å². The Morgan fingerprint density at radius 3 is 1.09 bits per heavy atom. The summed E-state index contributed by atoms with van der Waals surface area (Å²) in [7, 11) is -5.85. The fourth-order valence-electron chi connectivity index (χ4n) is 4.32. The summed E-state index contributed by atoms with van der Waals surface area (Å²) in [4.78, 5) is 14.0. The van der Waals surface area contributed by atoms with E-state index in [0.717, 1.165) is 0 Å². The van der Waals surface area contributed by atoms with Gasteiger partial charge in [0.15, 0.2) is 0 Å². The Morgan fingerprint density at radius 2 is 0.882 bits per heavy atom. The number of alkyl halides is 3. The van der Waals surface area contributed by atoms with Gasteiger partial charge in [-0.1, -0.05) is 13.9 Å². The maximum absolute atomic E-state index is 14.0. The first-order valence-corrected chi connectivity index (χ1v) is 13.2. The van der Waals surface area contributed by atoms with Gasteiger partial charge in [-0.25, -0.2) is 0 Å². The normalized spacial score (nSPS) is 13.2. The second-order valence-electron chi connectivity index (χ2n) is 10.1. The van der Waals surface area contributed by atoms with E-state index in [1.54, 1.807) is 65.2 Å². The molecule has 0 amide bonds. The van der Waals surface area contributed by atoms with Gasteiger partial charge in [-0.3, -0.25) is 9.80 Å². The summed E-state index contributed by atoms with van der Waals surface area (Å²) in [5, 5.41) is 0. The number of anilines is 3. The molecule has 12 heteroatoms. The van der Waals surface area contributed by atoms with Crippen molar-refractivity contribution in [2.75, 3.05) is 14.7 Å². The van der Waals surface area contributed by atoms with Crippen LogP contribution >= 0.6 is 0 Å². The molecule has 0 atom stereocenters. The molecule has 0 N–H and O–H groups in total. The van der Waals surface area contributed by atoms with Crippen LogP contribution in [0.2, 0.25) is 0 Å². The molecule has 0 aliphatic rings. The van der Waals surface area contributed by atoms with E-state index in [1.165, 1.54) is 0 Å². The maximum atomic E-state index is 14.0. The molecule has 0 radical (unpaired) electrons. The van der Waals surface area contributed by atoms with Crippen LogP contribution in [0.1, 0.15) is 83.1 Å². The average molecular weight is 512 g/mol. The number of halogens is 3. The Hall–Kier alpha value is -1.85. The van der Waals surface area contributed by atoms with Crippen molar-refractivity contribution in [2.45, 2.75) is 125 Å². The first kappa shape index (κ1) is 30.2. The quantitative estimate of drug-likeness (QED) is 0.433. The highest BCUT2D eigenvalue weighted by Gasteiger charge is 2.54. The molecule has 0 saturated heterocycles. The molecule has 0 bridgehead atoms. The van der Waals surface area contributed by atoms with E-state index >= 15 is 0 Å². The van der Waals surface area contributed by atoms with Crippen LogP contribution in [-0.4, -0.2) is 60.1 Å². The lowest BCUT2D eigenvalue weighted by molar-refractivity contribution is -0.499. The van der Waals surface area contributed by atoms with Gasteiger partial charge in [-0.2, -0.15) is 21.6 Å². The standard InChI is InChI=1S/C22H42F3N6O2S/c1-13(2)28(14(3)4)19-26-20(29(15(5)6)16(7)8)31(34(32,33)22(23,24)25)21(27-19)30(17(9)10)18(11)12/h13-18H,1-12H3/q+1. The summed E-state index contributed by atoms with van der Waals surface area (Å²) in [5.74, 6) is -0.430. The van der Waals surface area contributed by atoms with Gasteiger partial charge in [0.25, 0.3) is 0 Å². The maximum Gasteiger partial charge on any atom is 0.525 e. The molecule has 198 valence electrons. The zero-order valence-corrected chi connectivity index (χ0v) is 23.3. The van der Waals surface area contributed by atoms with E-state index in [4.69, 9.17) is 0 Å². The van der Waals surface area contributed by atoms with E-state index in [2.05, 4.69) is 9.97 Å². The predicted molar refractivity (Wildman–Crippen MR) is 131 cm³/mol. The minimum absolute atomic E-state index is 0.0751. The zero-order chi connectivity index (χ0) is 26.9. The summed E-state index contributed by atoms with van der Waals surface area (Å²) in [6.07, 6.45) is 0. The molecule has 0 saturated carbocycles. The minimum atomic E-state index is -5.85. The van der Waals surface area contributed by atoms with E-state index < -0.39 is 15.5 Å². The van der Waals surface area contributed by atoms with Crippen molar-refractivity contribution in [3.05, 3.63) is 0 Å². The zero-order valence-electron chi connectivity index (χ0n) is 22.5. The summed E-state index contributed by atoms with van der Waals surface area (Å²) in [6, 6.07) is -1.47. The largest absolute Gasteiger partial charge is 0.525 e. The first-order chi connectivity index (χ1) is 15.3. The van der Waals surface area contributed by atoms with E-state index in [0.29, 0.717) is 0 Å². The van der Waals surface area contributed by atoms with E-state index in [-0.39, 0.29) is 58.1 Å². The van der Waals surface area contributed by atoms with Crippen molar-refractivity contribution >= 4 is 27.9 Å². The van der Waals surface area contributed by atoms with Crippen molar-refractivity contribution in [1.29, 1.82) is 0 Å². The Bertz CT molecular complexity index is 866. The third-order valence-corrected chi connectivity index (χ3v) is 6.72. The SMILES string of the molecule is CC(C)N(c1nc(N(C(C)C)C(C)C)[n+](S(=O)(=O)C(F)(F)F)c(N(C(C)C)C(C)C)n1)C(C)C. The number of rotatable bonds is 10. The van der Waals surface area contributed by atoms with Crippen LogP contribution in [0.5, 0.6) is 0 Å². The van der Waals surface area contributed by atoms with Gasteiger partial charge in [-0.05, 0) is 83.1 Å². The van der Waals surface area contributed by atoms with Gasteiger partial charge in [0.2, 0.25) is 0 Å². The van der Waals surface area contributed by atoms with E-state index in [9.17, 15) is 21.6 Å². The molecule has 1 heterocycles. The Kier molecular flexibility index (Phi) is 9.61. The molecule has 1 aromatic rings. The lowest BCUT2D eigenvalue weighted by atomic mass is 10.2. The number of hydrogen-bond acceptors (Lipinski definition) is 7. The minimum Gasteiger partial charge on any atom is -0.319 e. The number of aromatic nitrogens is 3. The van der Waals surface area contributed by atoms with Gasteiger partial charge in [-0.15, -0.1) is 0 Å². The number of nitrogens with zero attached hydrogens (tertiary/aromatic N) is 6. The smallest absolute Gasteiger partial charge is 0.319 e. The lowest BCUT2D eigenvalue weighted by Gasteiger charge is -2.35. The summed E-state index contributed by atoms with van der Waals surface area (Å²) in [6.45, 7) is 22.0. The van der Waals surface area contributed by atoms with Crippen molar-refractivity contribution in [3.63, 3.8) is 0 Å². The van der Waals surface area contributed by atoms with E-state index in [1.807, 2.05) is 32.6 Å². The highest BCUT2D eigenvalue weighted by atomic mass is 32.2. The lowest BCUT2D eigenvalue weighted by Crippen LogP contribution is -2.61. The molecule has 1 aromatic heterocycles. The molecule has 0 fully saturated rings. The fourth-order valence-corrected chi connectivity index (χ4v) is 5.23. The van der Waals surface area contributed by atoms with Crippen molar-refractivity contribution in [3.8, 4) is 0 Å². The van der Waals surface area contributed by atoms with Crippen LogP contribution in [0.3, 0.4) is 0 Å². The second-order valence-corrected chi connectivity index (χ2v) is 11.9. The Morgan fingerprint density at radius 1 is 0.618 bits per heavy atom. The van der Waals surface area contributed by atoms with Gasteiger partial charge >= 0.3 is 33.4 Å². The molecule has 1 rings (SSSR count). The molecule has 0 spiro atoms. The molecule has 8 nitrogen and oxygen atoms in total. The average Bonchev–Trinajstić information content (AvgIpc) is 2.58. The van der Waals surface area contributed by atoms with Crippen LogP contribution in [0, 0.1) is 0 Å². The third-order valence-electron chi connectivity index (χ3n) is 5.33. The van der Waals surface area contributed by atoms with Crippen LogP contribution < -0.4 is 18.7 Å². The highest BCUT2D eigenvalue weighted by Crippen LogP contribution is 2.30. The Labute approximate surface area is 203 Å². The molecule has 0 unspecified atom stereocenters. The van der Waals surface area contributed by atoms with Crippen molar-refractivity contribution < 1.29 is 25.6 Å². The molecule has 0 aliphatic carbocycles. The first-order valence-electron chi connectivity index (χ1n) is 11.8. The second kappa shape index (κ2) is 10.8. The van der Waals surface area contributed by atoms with Gasteiger partial charge < -0.3 is 4.90 Å². The van der Waals surface area contributed by atoms with Crippen LogP contribution in [-0.2, 0) is 10.0 Å². The van der Waals surface area contributed by atoms with Crippen LogP contribution in [0.25, 0.3) is 0 Å². The highest BCUT2D eigenvalue weighted by molar-refractivity contribution is 7.85. The van der Waals surface area contributed by atoms with Crippen molar-refractivity contribution in [1.82, 2.24) is 9.97 Å². The molecular formula is C22H42F3N6O2S+. The predicted octanol–water partition coefficient (Wildman–Crippen LogP) is 4.33. The van der Waals surface area contributed by atoms with Crippen LogP contribution in [0.4, 0.5) is 31.0 Å². The van der Waals surface area contributed by atoms with Crippen molar-refractivity contribution in [2.24, 2.45) is 0 Å². The third kappa shape index (κ3) is 6.04. The molecular weight excluding hydrogens is 469 g/mol. The monoisotopic (exact) mass is 511 g/mol. The summed E-state index contributed by atoms with van der Waals surface area (Å²) in [5.41, 5.74) is -5.54. The molecule has 0 aliphatic heterocycles. The molecule has 34 heavy (non-hydrogen) atoms. The fraction of sp³-hybridized carbons (Fsp3) is 0.864. The van der Waals surface area contributed by atoms with Gasteiger partial charge in [0.05, 0.1) is 24.2 Å². The number of hydrogen-bond donors (Lipinski definition) is 0.